The molecule has 134 valence electrons. The van der Waals surface area contributed by atoms with E-state index in [1.165, 1.54) is 36.7 Å². The Balaban J connectivity index is 2.04. The van der Waals surface area contributed by atoms with E-state index in [1.54, 1.807) is 0 Å². The number of nitrogens with zero attached hydrogens (tertiary/aromatic N) is 3. The number of aromatic nitrogens is 3. The lowest BCUT2D eigenvalue weighted by atomic mass is 10.1. The number of alkyl halides is 3. The predicted octanol–water partition coefficient (Wildman–Crippen LogP) is 3.85. The first kappa shape index (κ1) is 17.6. The predicted molar refractivity (Wildman–Crippen MR) is 82.9 cm³/mol. The van der Waals surface area contributed by atoms with Crippen LogP contribution >= 0.6 is 0 Å². The van der Waals surface area contributed by atoms with Gasteiger partial charge in [0.1, 0.15) is 5.82 Å². The average molecular weight is 365 g/mol. The van der Waals surface area contributed by atoms with Gasteiger partial charge in [-0.1, -0.05) is 12.1 Å². The van der Waals surface area contributed by atoms with Gasteiger partial charge in [0.05, 0.1) is 12.1 Å². The van der Waals surface area contributed by atoms with Crippen LogP contribution in [-0.4, -0.2) is 25.8 Å². The molecule has 0 aliphatic rings. The Hall–Kier alpha value is -3.23. The molecule has 1 aromatic carbocycles. The van der Waals surface area contributed by atoms with Crippen molar-refractivity contribution < 1.29 is 27.5 Å². The minimum atomic E-state index is -4.70. The number of benzene rings is 1. The van der Waals surface area contributed by atoms with Crippen LogP contribution in [0.3, 0.4) is 0 Å². The summed E-state index contributed by atoms with van der Waals surface area (Å²) in [5.74, 6) is -2.47. The summed E-state index contributed by atoms with van der Waals surface area (Å²) >= 11 is 0. The van der Waals surface area contributed by atoms with Crippen LogP contribution in [0.1, 0.15) is 21.6 Å². The lowest BCUT2D eigenvalue weighted by Gasteiger charge is -2.06. The average Bonchev–Trinajstić information content (AvgIpc) is 3.01. The van der Waals surface area contributed by atoms with Crippen molar-refractivity contribution in [3.05, 3.63) is 71.6 Å². The van der Waals surface area contributed by atoms with Gasteiger partial charge < -0.3 is 5.11 Å². The van der Waals surface area contributed by atoms with E-state index in [-0.39, 0.29) is 23.2 Å². The monoisotopic (exact) mass is 365 g/mol. The van der Waals surface area contributed by atoms with Crippen molar-refractivity contribution in [1.82, 2.24) is 14.8 Å². The van der Waals surface area contributed by atoms with Crippen LogP contribution in [0.25, 0.3) is 11.1 Å². The van der Waals surface area contributed by atoms with Crippen molar-refractivity contribution in [2.45, 2.75) is 12.7 Å². The van der Waals surface area contributed by atoms with Gasteiger partial charge >= 0.3 is 12.1 Å². The molecule has 0 spiro atoms. The van der Waals surface area contributed by atoms with E-state index in [2.05, 4.69) is 10.1 Å². The molecular formula is C17H11F4N3O2. The molecule has 0 unspecified atom stereocenters. The number of aromatic carboxylic acids is 1. The number of carboxylic acid groups (broad SMARTS) is 1. The molecule has 1 N–H and O–H groups in total. The van der Waals surface area contributed by atoms with Gasteiger partial charge in [-0.3, -0.25) is 9.67 Å². The van der Waals surface area contributed by atoms with Crippen LogP contribution < -0.4 is 0 Å². The highest BCUT2D eigenvalue weighted by Crippen LogP contribution is 2.36. The molecule has 0 aliphatic heterocycles. The molecule has 0 saturated carbocycles. The Morgan fingerprint density at radius 3 is 2.46 bits per heavy atom. The molecule has 3 aromatic rings. The fourth-order valence-corrected chi connectivity index (χ4v) is 2.50. The zero-order valence-electron chi connectivity index (χ0n) is 13.0. The van der Waals surface area contributed by atoms with Crippen molar-refractivity contribution >= 4 is 5.97 Å². The highest BCUT2D eigenvalue weighted by atomic mass is 19.4. The Kier molecular flexibility index (Phi) is 4.45. The molecule has 0 bridgehead atoms. The van der Waals surface area contributed by atoms with Gasteiger partial charge in [-0.15, -0.1) is 0 Å². The molecule has 0 saturated heterocycles. The zero-order valence-corrected chi connectivity index (χ0v) is 13.0. The van der Waals surface area contributed by atoms with Crippen LogP contribution in [0, 0.1) is 5.82 Å². The Labute approximate surface area is 144 Å². The first-order valence-corrected chi connectivity index (χ1v) is 7.33. The summed E-state index contributed by atoms with van der Waals surface area (Å²) in [4.78, 5) is 14.7. The standard InChI is InChI=1S/C17H11F4N3O2/c18-14-11(2-1-3-12(14)16(25)26)8-24-9-13(10-4-6-22-7-5-10)15(23-24)17(19,20)21/h1-7,9H,8H2,(H,25,26). The first-order valence-electron chi connectivity index (χ1n) is 7.33. The second-order valence-electron chi connectivity index (χ2n) is 5.41. The van der Waals surface area contributed by atoms with E-state index < -0.39 is 29.2 Å². The fraction of sp³-hybridized carbons (Fsp3) is 0.118. The first-order chi connectivity index (χ1) is 12.3. The minimum absolute atomic E-state index is 0.0811. The smallest absolute Gasteiger partial charge is 0.435 e. The topological polar surface area (TPSA) is 68.0 Å². The van der Waals surface area contributed by atoms with Crippen LogP contribution in [0.15, 0.2) is 48.9 Å². The maximum Gasteiger partial charge on any atom is 0.435 e. The summed E-state index contributed by atoms with van der Waals surface area (Å²) in [6.45, 7) is -0.346. The molecule has 9 heteroatoms. The molecule has 26 heavy (non-hydrogen) atoms. The number of pyridine rings is 1. The maximum absolute atomic E-state index is 14.2. The van der Waals surface area contributed by atoms with Gasteiger partial charge in [-0.25, -0.2) is 9.18 Å². The van der Waals surface area contributed by atoms with Gasteiger partial charge in [-0.05, 0) is 23.8 Å². The molecule has 2 aromatic heterocycles. The SMILES string of the molecule is O=C(O)c1cccc(Cn2cc(-c3ccncc3)c(C(F)(F)F)n2)c1F. The Morgan fingerprint density at radius 2 is 1.85 bits per heavy atom. The van der Waals surface area contributed by atoms with Gasteiger partial charge in [0, 0.05) is 29.7 Å². The maximum atomic E-state index is 14.2. The molecule has 5 nitrogen and oxygen atoms in total. The third-order valence-corrected chi connectivity index (χ3v) is 3.66. The quantitative estimate of drug-likeness (QED) is 0.713. The second kappa shape index (κ2) is 6.58. The van der Waals surface area contributed by atoms with E-state index >= 15 is 0 Å². The Morgan fingerprint density at radius 1 is 1.15 bits per heavy atom. The van der Waals surface area contributed by atoms with Crippen LogP contribution in [-0.2, 0) is 12.7 Å². The van der Waals surface area contributed by atoms with Crippen molar-refractivity contribution in [3.63, 3.8) is 0 Å². The van der Waals surface area contributed by atoms with E-state index in [1.807, 2.05) is 0 Å². The highest BCUT2D eigenvalue weighted by Gasteiger charge is 2.37. The van der Waals surface area contributed by atoms with Gasteiger partial charge in [0.2, 0.25) is 0 Å². The number of rotatable bonds is 4. The highest BCUT2D eigenvalue weighted by molar-refractivity contribution is 5.88. The largest absolute Gasteiger partial charge is 0.478 e. The van der Waals surface area contributed by atoms with Crippen molar-refractivity contribution in [1.29, 1.82) is 0 Å². The second-order valence-corrected chi connectivity index (χ2v) is 5.41. The van der Waals surface area contributed by atoms with Crippen LogP contribution in [0.2, 0.25) is 0 Å². The minimum Gasteiger partial charge on any atom is -0.478 e. The summed E-state index contributed by atoms with van der Waals surface area (Å²) in [6.07, 6.45) is -0.859. The number of hydrogen-bond acceptors (Lipinski definition) is 3. The van der Waals surface area contributed by atoms with Crippen molar-refractivity contribution in [3.8, 4) is 11.1 Å². The molecule has 0 fully saturated rings. The van der Waals surface area contributed by atoms with Crippen LogP contribution in [0.4, 0.5) is 17.6 Å². The lowest BCUT2D eigenvalue weighted by Crippen LogP contribution is -2.11. The van der Waals surface area contributed by atoms with Crippen molar-refractivity contribution in [2.75, 3.05) is 0 Å². The number of carbonyl (C=O) groups is 1. The summed E-state index contributed by atoms with van der Waals surface area (Å²) in [5, 5.41) is 12.5. The third-order valence-electron chi connectivity index (χ3n) is 3.66. The zero-order chi connectivity index (χ0) is 18.9. The molecule has 0 radical (unpaired) electrons. The number of carboxylic acids is 1. The molecular weight excluding hydrogens is 354 g/mol. The molecule has 0 aliphatic carbocycles. The molecule has 0 atom stereocenters. The lowest BCUT2D eigenvalue weighted by molar-refractivity contribution is -0.141. The summed E-state index contributed by atoms with van der Waals surface area (Å²) in [7, 11) is 0. The molecule has 2 heterocycles. The van der Waals surface area contributed by atoms with Gasteiger partial charge in [-0.2, -0.15) is 18.3 Å². The van der Waals surface area contributed by atoms with E-state index in [4.69, 9.17) is 5.11 Å². The summed E-state index contributed by atoms with van der Waals surface area (Å²) in [6, 6.07) is 6.50. The van der Waals surface area contributed by atoms with Gasteiger partial charge in [0.25, 0.3) is 0 Å². The van der Waals surface area contributed by atoms with E-state index in [0.717, 1.165) is 16.9 Å². The van der Waals surface area contributed by atoms with Crippen molar-refractivity contribution in [2.24, 2.45) is 0 Å². The molecule has 0 amide bonds. The molecule has 3 rings (SSSR count). The van der Waals surface area contributed by atoms with Gasteiger partial charge in [0.15, 0.2) is 5.69 Å². The third kappa shape index (κ3) is 3.41. The fourth-order valence-electron chi connectivity index (χ4n) is 2.50. The van der Waals surface area contributed by atoms with Crippen LogP contribution in [0.5, 0.6) is 0 Å². The Bertz CT molecular complexity index is 952. The van der Waals surface area contributed by atoms with E-state index in [9.17, 15) is 22.4 Å². The van der Waals surface area contributed by atoms with E-state index in [0.29, 0.717) is 0 Å². The number of halogens is 4. The summed E-state index contributed by atoms with van der Waals surface area (Å²) in [5.41, 5.74) is -1.66. The number of hydrogen-bond donors (Lipinski definition) is 1. The summed E-state index contributed by atoms with van der Waals surface area (Å²) < 4.78 is 55.0. The normalized spacial score (nSPS) is 11.5.